The highest BCUT2D eigenvalue weighted by Crippen LogP contribution is 2.32. The molecular weight excluding hydrogens is 288 g/mol. The van der Waals surface area contributed by atoms with E-state index in [1.54, 1.807) is 38.5 Å². The molecule has 0 bridgehead atoms. The molecule has 0 amide bonds. The summed E-state index contributed by atoms with van der Waals surface area (Å²) in [6, 6.07) is 14.3. The van der Waals surface area contributed by atoms with Gasteiger partial charge in [0.05, 0.1) is 0 Å². The molecule has 3 nitrogen and oxygen atoms in total. The molecule has 0 heterocycles. The van der Waals surface area contributed by atoms with Gasteiger partial charge in [0.2, 0.25) is 0 Å². The van der Waals surface area contributed by atoms with Gasteiger partial charge in [0, 0.05) is 14.2 Å². The maximum absolute atomic E-state index is 9.39. The Morgan fingerprint density at radius 2 is 0.957 bits per heavy atom. The van der Waals surface area contributed by atoms with Crippen LogP contribution in [0.25, 0.3) is 11.1 Å². The van der Waals surface area contributed by atoms with Crippen LogP contribution in [-0.2, 0) is 4.74 Å². The van der Waals surface area contributed by atoms with Gasteiger partial charge in [0.15, 0.2) is 0 Å². The molecule has 0 spiro atoms. The smallest absolute Gasteiger partial charge is 0.115 e. The Hall–Kier alpha value is -2.52. The van der Waals surface area contributed by atoms with Crippen LogP contribution in [0.3, 0.4) is 0 Å². The second-order valence-corrected chi connectivity index (χ2v) is 4.91. The van der Waals surface area contributed by atoms with E-state index >= 15 is 0 Å². The molecule has 0 aliphatic carbocycles. The molecule has 0 aliphatic heterocycles. The van der Waals surface area contributed by atoms with Gasteiger partial charge in [-0.2, -0.15) is 0 Å². The SMILES string of the molecule is C/C=C(/C(=C/C)c1ccc(O)cc1)c1ccc(O)cc1.COC. The van der Waals surface area contributed by atoms with E-state index in [-0.39, 0.29) is 11.5 Å². The van der Waals surface area contributed by atoms with Crippen molar-refractivity contribution in [1.29, 1.82) is 0 Å². The standard InChI is InChI=1S/C18H18O2.C2H6O/c1-3-17(13-5-9-15(19)10-6-13)18(4-2)14-7-11-16(20)12-8-14;1-3-2/h3-12,19-20H,1-2H3;1-2H3/b17-3+,18-4+;. The van der Waals surface area contributed by atoms with Crippen molar-refractivity contribution in [1.82, 2.24) is 0 Å². The molecule has 2 aromatic rings. The zero-order valence-corrected chi connectivity index (χ0v) is 14.1. The molecule has 0 radical (unpaired) electrons. The van der Waals surface area contributed by atoms with E-state index in [2.05, 4.69) is 16.9 Å². The van der Waals surface area contributed by atoms with Gasteiger partial charge in [-0.15, -0.1) is 0 Å². The number of hydrogen-bond acceptors (Lipinski definition) is 3. The molecule has 23 heavy (non-hydrogen) atoms. The van der Waals surface area contributed by atoms with Gasteiger partial charge >= 0.3 is 0 Å². The molecule has 2 N–H and O–H groups in total. The molecule has 0 saturated heterocycles. The van der Waals surface area contributed by atoms with Crippen LogP contribution < -0.4 is 0 Å². The first-order valence-corrected chi connectivity index (χ1v) is 7.39. The van der Waals surface area contributed by atoms with Gasteiger partial charge in [-0.1, -0.05) is 36.4 Å². The molecule has 0 aliphatic rings. The largest absolute Gasteiger partial charge is 0.508 e. The van der Waals surface area contributed by atoms with Crippen molar-refractivity contribution in [3.63, 3.8) is 0 Å². The number of allylic oxidation sites excluding steroid dienone is 4. The number of rotatable bonds is 3. The summed E-state index contributed by atoms with van der Waals surface area (Å²) in [4.78, 5) is 0. The quantitative estimate of drug-likeness (QED) is 0.795. The van der Waals surface area contributed by atoms with Crippen molar-refractivity contribution in [2.45, 2.75) is 13.8 Å². The highest BCUT2D eigenvalue weighted by molar-refractivity contribution is 6.04. The van der Waals surface area contributed by atoms with E-state index in [4.69, 9.17) is 0 Å². The molecular formula is C20H24O3. The summed E-state index contributed by atoms with van der Waals surface area (Å²) >= 11 is 0. The fourth-order valence-electron chi connectivity index (χ4n) is 2.24. The molecule has 3 heteroatoms. The first-order chi connectivity index (χ1) is 11.1. The van der Waals surface area contributed by atoms with Crippen LogP contribution in [0.15, 0.2) is 60.7 Å². The lowest BCUT2D eigenvalue weighted by Crippen LogP contribution is -1.90. The molecule has 0 aromatic heterocycles. The fraction of sp³-hybridized carbons (Fsp3) is 0.200. The molecule has 0 fully saturated rings. The lowest BCUT2D eigenvalue weighted by Gasteiger charge is -2.13. The van der Waals surface area contributed by atoms with Crippen molar-refractivity contribution < 1.29 is 14.9 Å². The normalized spacial score (nSPS) is 11.7. The number of ether oxygens (including phenoxy) is 1. The first kappa shape index (κ1) is 18.5. The Kier molecular flexibility index (Phi) is 7.64. The molecule has 2 aromatic carbocycles. The topological polar surface area (TPSA) is 49.7 Å². The van der Waals surface area contributed by atoms with Crippen molar-refractivity contribution in [2.75, 3.05) is 14.2 Å². The lowest BCUT2D eigenvalue weighted by molar-refractivity contribution is 0.277. The van der Waals surface area contributed by atoms with E-state index < -0.39 is 0 Å². The summed E-state index contributed by atoms with van der Waals surface area (Å²) in [5.41, 5.74) is 4.29. The highest BCUT2D eigenvalue weighted by atomic mass is 16.4. The predicted octanol–water partition coefficient (Wildman–Crippen LogP) is 4.87. The minimum Gasteiger partial charge on any atom is -0.508 e. The van der Waals surface area contributed by atoms with Gasteiger partial charge in [-0.25, -0.2) is 0 Å². The Morgan fingerprint density at radius 1 is 0.696 bits per heavy atom. The third-order valence-corrected chi connectivity index (χ3v) is 3.22. The Bertz CT molecular complexity index is 591. The van der Waals surface area contributed by atoms with Crippen LogP contribution in [0.1, 0.15) is 25.0 Å². The monoisotopic (exact) mass is 312 g/mol. The summed E-state index contributed by atoms with van der Waals surface area (Å²) in [6.45, 7) is 3.98. The number of benzene rings is 2. The molecule has 0 saturated carbocycles. The zero-order valence-electron chi connectivity index (χ0n) is 14.1. The Labute approximate surface area is 138 Å². The number of hydrogen-bond donors (Lipinski definition) is 2. The minimum atomic E-state index is 0.260. The molecule has 122 valence electrons. The van der Waals surface area contributed by atoms with Gasteiger partial charge < -0.3 is 14.9 Å². The highest BCUT2D eigenvalue weighted by Gasteiger charge is 2.09. The lowest BCUT2D eigenvalue weighted by atomic mass is 9.92. The van der Waals surface area contributed by atoms with Gasteiger partial charge in [-0.3, -0.25) is 0 Å². The van der Waals surface area contributed by atoms with Crippen LogP contribution in [-0.4, -0.2) is 24.4 Å². The van der Waals surface area contributed by atoms with Crippen LogP contribution in [0.5, 0.6) is 11.5 Å². The van der Waals surface area contributed by atoms with Crippen LogP contribution in [0.4, 0.5) is 0 Å². The summed E-state index contributed by atoms with van der Waals surface area (Å²) in [5.74, 6) is 0.520. The third kappa shape index (κ3) is 5.31. The summed E-state index contributed by atoms with van der Waals surface area (Å²) < 4.78 is 4.25. The summed E-state index contributed by atoms with van der Waals surface area (Å²) in [6.07, 6.45) is 4.10. The van der Waals surface area contributed by atoms with Crippen LogP contribution >= 0.6 is 0 Å². The van der Waals surface area contributed by atoms with Crippen molar-refractivity contribution >= 4 is 11.1 Å². The average Bonchev–Trinajstić information content (AvgIpc) is 2.55. The number of methoxy groups -OCH3 is 1. The van der Waals surface area contributed by atoms with E-state index in [0.717, 1.165) is 22.3 Å². The van der Waals surface area contributed by atoms with E-state index in [0.29, 0.717) is 0 Å². The van der Waals surface area contributed by atoms with Crippen LogP contribution in [0, 0.1) is 0 Å². The van der Waals surface area contributed by atoms with Crippen molar-refractivity contribution in [3.05, 3.63) is 71.8 Å². The number of phenols is 2. The molecule has 0 atom stereocenters. The third-order valence-electron chi connectivity index (χ3n) is 3.22. The average molecular weight is 312 g/mol. The van der Waals surface area contributed by atoms with Crippen molar-refractivity contribution in [3.8, 4) is 11.5 Å². The second kappa shape index (κ2) is 9.49. The van der Waals surface area contributed by atoms with Crippen molar-refractivity contribution in [2.24, 2.45) is 0 Å². The molecule has 0 unspecified atom stereocenters. The summed E-state index contributed by atoms with van der Waals surface area (Å²) in [7, 11) is 3.25. The van der Waals surface area contributed by atoms with E-state index in [1.165, 1.54) is 0 Å². The maximum Gasteiger partial charge on any atom is 0.115 e. The van der Waals surface area contributed by atoms with Gasteiger partial charge in [-0.05, 0) is 60.4 Å². The number of aromatic hydroxyl groups is 2. The van der Waals surface area contributed by atoms with E-state index in [9.17, 15) is 10.2 Å². The summed E-state index contributed by atoms with van der Waals surface area (Å²) in [5, 5.41) is 18.8. The maximum atomic E-state index is 9.39. The number of phenolic OH excluding ortho intramolecular Hbond substituents is 2. The van der Waals surface area contributed by atoms with E-state index in [1.807, 2.05) is 38.1 Å². The zero-order chi connectivity index (χ0) is 17.2. The first-order valence-electron chi connectivity index (χ1n) is 7.39. The Morgan fingerprint density at radius 3 is 1.17 bits per heavy atom. The predicted molar refractivity (Wildman–Crippen MR) is 96.4 cm³/mol. The molecule has 2 rings (SSSR count). The minimum absolute atomic E-state index is 0.260. The Balaban J connectivity index is 0.000000816. The second-order valence-electron chi connectivity index (χ2n) is 4.91. The van der Waals surface area contributed by atoms with Gasteiger partial charge in [0.25, 0.3) is 0 Å². The van der Waals surface area contributed by atoms with Crippen LogP contribution in [0.2, 0.25) is 0 Å². The fourth-order valence-corrected chi connectivity index (χ4v) is 2.24. The van der Waals surface area contributed by atoms with Gasteiger partial charge in [0.1, 0.15) is 11.5 Å².